The number of amides is 1. The van der Waals surface area contributed by atoms with Gasteiger partial charge in [0.15, 0.2) is 0 Å². The molecule has 0 radical (unpaired) electrons. The van der Waals surface area contributed by atoms with E-state index < -0.39 is 0 Å². The molecule has 0 aromatic carbocycles. The van der Waals surface area contributed by atoms with Gasteiger partial charge in [-0.25, -0.2) is 0 Å². The first-order chi connectivity index (χ1) is 7.75. The van der Waals surface area contributed by atoms with Crippen LogP contribution in [0.3, 0.4) is 0 Å². The van der Waals surface area contributed by atoms with Crippen LogP contribution in [0.5, 0.6) is 0 Å². The van der Waals surface area contributed by atoms with E-state index in [4.69, 9.17) is 0 Å². The summed E-state index contributed by atoms with van der Waals surface area (Å²) in [6, 6.07) is 3.98. The lowest BCUT2D eigenvalue weighted by Crippen LogP contribution is -2.37. The van der Waals surface area contributed by atoms with E-state index in [0.717, 1.165) is 18.7 Å². The second-order valence-electron chi connectivity index (χ2n) is 4.19. The summed E-state index contributed by atoms with van der Waals surface area (Å²) in [5.74, 6) is -0.0146. The van der Waals surface area contributed by atoms with Crippen LogP contribution in [0.4, 0.5) is 0 Å². The minimum atomic E-state index is -0.0146. The Morgan fingerprint density at radius 2 is 2.56 bits per heavy atom. The van der Waals surface area contributed by atoms with Gasteiger partial charge >= 0.3 is 0 Å². The lowest BCUT2D eigenvalue weighted by atomic mass is 10.2. The van der Waals surface area contributed by atoms with Crippen molar-refractivity contribution in [3.63, 3.8) is 0 Å². The summed E-state index contributed by atoms with van der Waals surface area (Å²) in [6.07, 6.45) is 4.02. The molecular weight excluding hydrogens is 202 g/mol. The molecule has 1 atom stereocenters. The summed E-state index contributed by atoms with van der Waals surface area (Å²) in [5, 5.41) is 6.29. The van der Waals surface area contributed by atoms with Gasteiger partial charge in [0.2, 0.25) is 0 Å². The van der Waals surface area contributed by atoms with Crippen molar-refractivity contribution < 1.29 is 4.79 Å². The SMILES string of the molecule is Cc1cc(C(=O)NCC2CCCN2)ccn1. The molecule has 86 valence electrons. The molecule has 1 unspecified atom stereocenters. The van der Waals surface area contributed by atoms with Crippen molar-refractivity contribution in [3.8, 4) is 0 Å². The molecule has 1 amide bonds. The number of rotatable bonds is 3. The quantitative estimate of drug-likeness (QED) is 0.793. The molecule has 16 heavy (non-hydrogen) atoms. The van der Waals surface area contributed by atoms with Gasteiger partial charge in [0, 0.05) is 30.0 Å². The second-order valence-corrected chi connectivity index (χ2v) is 4.19. The van der Waals surface area contributed by atoms with Gasteiger partial charge in [-0.05, 0) is 38.4 Å². The molecule has 1 fully saturated rings. The first-order valence-electron chi connectivity index (χ1n) is 5.70. The lowest BCUT2D eigenvalue weighted by molar-refractivity contribution is 0.0950. The Balaban J connectivity index is 1.87. The Morgan fingerprint density at radius 1 is 1.69 bits per heavy atom. The lowest BCUT2D eigenvalue weighted by Gasteiger charge is -2.11. The van der Waals surface area contributed by atoms with Crippen molar-refractivity contribution in [1.82, 2.24) is 15.6 Å². The fourth-order valence-corrected chi connectivity index (χ4v) is 1.94. The Bertz CT molecular complexity index is 372. The maximum Gasteiger partial charge on any atom is 0.251 e. The van der Waals surface area contributed by atoms with Crippen LogP contribution in [0.25, 0.3) is 0 Å². The highest BCUT2D eigenvalue weighted by molar-refractivity contribution is 5.94. The number of aryl methyl sites for hydroxylation is 1. The molecule has 2 heterocycles. The zero-order valence-corrected chi connectivity index (χ0v) is 9.49. The van der Waals surface area contributed by atoms with Crippen LogP contribution in [-0.4, -0.2) is 30.0 Å². The van der Waals surface area contributed by atoms with Crippen LogP contribution in [0.2, 0.25) is 0 Å². The zero-order chi connectivity index (χ0) is 11.4. The van der Waals surface area contributed by atoms with Gasteiger partial charge in [0.1, 0.15) is 0 Å². The number of hydrogen-bond acceptors (Lipinski definition) is 3. The molecule has 1 aromatic rings. The van der Waals surface area contributed by atoms with E-state index in [0.29, 0.717) is 18.2 Å². The predicted octanol–water partition coefficient (Wildman–Crippen LogP) is 0.872. The van der Waals surface area contributed by atoms with Gasteiger partial charge in [-0.3, -0.25) is 9.78 Å². The van der Waals surface area contributed by atoms with Crippen LogP contribution in [0.15, 0.2) is 18.3 Å². The molecule has 2 rings (SSSR count). The molecule has 1 aliphatic heterocycles. The molecule has 0 saturated carbocycles. The van der Waals surface area contributed by atoms with Gasteiger partial charge in [-0.15, -0.1) is 0 Å². The van der Waals surface area contributed by atoms with Crippen molar-refractivity contribution >= 4 is 5.91 Å². The van der Waals surface area contributed by atoms with Crippen LogP contribution in [0.1, 0.15) is 28.9 Å². The number of hydrogen-bond donors (Lipinski definition) is 2. The Labute approximate surface area is 95.5 Å². The Hall–Kier alpha value is -1.42. The summed E-state index contributed by atoms with van der Waals surface area (Å²) in [5.41, 5.74) is 1.55. The molecule has 1 aromatic heterocycles. The third kappa shape index (κ3) is 2.79. The molecule has 1 saturated heterocycles. The fourth-order valence-electron chi connectivity index (χ4n) is 1.94. The molecule has 2 N–H and O–H groups in total. The van der Waals surface area contributed by atoms with Crippen LogP contribution in [-0.2, 0) is 0 Å². The molecule has 4 nitrogen and oxygen atoms in total. The van der Waals surface area contributed by atoms with E-state index in [-0.39, 0.29) is 5.91 Å². The molecule has 0 aliphatic carbocycles. The standard InChI is InChI=1S/C12H17N3O/c1-9-7-10(4-6-13-9)12(16)15-8-11-3-2-5-14-11/h4,6-7,11,14H,2-3,5,8H2,1H3,(H,15,16). The summed E-state index contributed by atoms with van der Waals surface area (Å²) in [7, 11) is 0. The average molecular weight is 219 g/mol. The zero-order valence-electron chi connectivity index (χ0n) is 9.49. The number of carbonyl (C=O) groups excluding carboxylic acids is 1. The highest BCUT2D eigenvalue weighted by Gasteiger charge is 2.15. The highest BCUT2D eigenvalue weighted by Crippen LogP contribution is 2.04. The molecule has 1 aliphatic rings. The first kappa shape index (κ1) is 11.1. The molecule has 0 bridgehead atoms. The minimum Gasteiger partial charge on any atom is -0.350 e. The van der Waals surface area contributed by atoms with Gasteiger partial charge in [0.25, 0.3) is 5.91 Å². The third-order valence-electron chi connectivity index (χ3n) is 2.83. The van der Waals surface area contributed by atoms with Crippen molar-refractivity contribution in [2.24, 2.45) is 0 Å². The van der Waals surface area contributed by atoms with Gasteiger partial charge in [-0.2, -0.15) is 0 Å². The predicted molar refractivity (Wildman–Crippen MR) is 62.3 cm³/mol. The first-order valence-corrected chi connectivity index (χ1v) is 5.70. The molecule has 4 heteroatoms. The van der Waals surface area contributed by atoms with E-state index in [1.807, 2.05) is 6.92 Å². The van der Waals surface area contributed by atoms with E-state index in [9.17, 15) is 4.79 Å². The van der Waals surface area contributed by atoms with E-state index in [2.05, 4.69) is 15.6 Å². The van der Waals surface area contributed by atoms with Crippen LogP contribution in [0, 0.1) is 6.92 Å². The minimum absolute atomic E-state index is 0.0146. The number of nitrogens with zero attached hydrogens (tertiary/aromatic N) is 1. The molecule has 0 spiro atoms. The van der Waals surface area contributed by atoms with Gasteiger partial charge in [0.05, 0.1) is 0 Å². The fraction of sp³-hybridized carbons (Fsp3) is 0.500. The van der Waals surface area contributed by atoms with E-state index >= 15 is 0 Å². The smallest absolute Gasteiger partial charge is 0.251 e. The van der Waals surface area contributed by atoms with Crippen LogP contribution < -0.4 is 10.6 Å². The maximum atomic E-state index is 11.8. The Kier molecular flexibility index (Phi) is 3.51. The van der Waals surface area contributed by atoms with Crippen molar-refractivity contribution in [1.29, 1.82) is 0 Å². The van der Waals surface area contributed by atoms with Crippen LogP contribution >= 0.6 is 0 Å². The number of aromatic nitrogens is 1. The third-order valence-corrected chi connectivity index (χ3v) is 2.83. The normalized spacial score (nSPS) is 19.7. The second kappa shape index (κ2) is 5.07. The largest absolute Gasteiger partial charge is 0.350 e. The summed E-state index contributed by atoms with van der Waals surface area (Å²) in [4.78, 5) is 15.9. The number of carbonyl (C=O) groups is 1. The summed E-state index contributed by atoms with van der Waals surface area (Å²) in [6.45, 7) is 3.66. The van der Waals surface area contributed by atoms with Gasteiger partial charge < -0.3 is 10.6 Å². The monoisotopic (exact) mass is 219 g/mol. The summed E-state index contributed by atoms with van der Waals surface area (Å²) >= 11 is 0. The van der Waals surface area contributed by atoms with E-state index in [1.54, 1.807) is 18.3 Å². The van der Waals surface area contributed by atoms with Crippen molar-refractivity contribution in [3.05, 3.63) is 29.6 Å². The van der Waals surface area contributed by atoms with E-state index in [1.165, 1.54) is 6.42 Å². The maximum absolute atomic E-state index is 11.8. The highest BCUT2D eigenvalue weighted by atomic mass is 16.1. The van der Waals surface area contributed by atoms with Crippen molar-refractivity contribution in [2.75, 3.05) is 13.1 Å². The van der Waals surface area contributed by atoms with Gasteiger partial charge in [-0.1, -0.05) is 0 Å². The Morgan fingerprint density at radius 3 is 3.25 bits per heavy atom. The topological polar surface area (TPSA) is 54.0 Å². The number of pyridine rings is 1. The van der Waals surface area contributed by atoms with Crippen molar-refractivity contribution in [2.45, 2.75) is 25.8 Å². The number of nitrogens with one attached hydrogen (secondary N) is 2. The average Bonchev–Trinajstić information content (AvgIpc) is 2.78. The summed E-state index contributed by atoms with van der Waals surface area (Å²) < 4.78 is 0. The molecular formula is C12H17N3O.